The lowest BCUT2D eigenvalue weighted by Gasteiger charge is -2.34. The summed E-state index contributed by atoms with van der Waals surface area (Å²) in [5.74, 6) is 1.17. The van der Waals surface area contributed by atoms with Crippen molar-refractivity contribution in [2.75, 3.05) is 32.7 Å². The molecule has 0 aromatic rings. The van der Waals surface area contributed by atoms with Crippen LogP contribution in [0.5, 0.6) is 0 Å². The van der Waals surface area contributed by atoms with Gasteiger partial charge in [-0.05, 0) is 58.3 Å². The Morgan fingerprint density at radius 3 is 2.08 bits per heavy atom. The molecule has 0 unspecified atom stereocenters. The molecule has 0 saturated carbocycles. The van der Waals surface area contributed by atoms with Gasteiger partial charge in [0.05, 0.1) is 0 Å². The number of likely N-dealkylation sites (tertiary alicyclic amines) is 2. The molecule has 0 aliphatic carbocycles. The van der Waals surface area contributed by atoms with E-state index in [0.29, 0.717) is 25.6 Å². The number of ether oxygens (including phenoxy) is 1. The third kappa shape index (κ3) is 5.87. The van der Waals surface area contributed by atoms with E-state index in [0.717, 1.165) is 44.7 Å². The molecule has 0 spiro atoms. The fraction of sp³-hybridized carbons (Fsp3) is 0.889. The zero-order valence-corrected chi connectivity index (χ0v) is 15.6. The Morgan fingerprint density at radius 1 is 1.00 bits per heavy atom. The van der Waals surface area contributed by atoms with Gasteiger partial charge in [0.1, 0.15) is 5.60 Å². The van der Waals surface area contributed by atoms with Crippen molar-refractivity contribution in [3.05, 3.63) is 0 Å². The lowest BCUT2D eigenvalue weighted by atomic mass is 9.97. The molecule has 2 saturated heterocycles. The zero-order chi connectivity index (χ0) is 17.7. The van der Waals surface area contributed by atoms with E-state index in [1.54, 1.807) is 4.90 Å². The van der Waals surface area contributed by atoms with Gasteiger partial charge in [0.15, 0.2) is 0 Å². The highest BCUT2D eigenvalue weighted by molar-refractivity contribution is 5.74. The molecule has 0 radical (unpaired) electrons. The maximum absolute atomic E-state index is 12.2. The van der Waals surface area contributed by atoms with Gasteiger partial charge in [-0.1, -0.05) is 6.92 Å². The van der Waals surface area contributed by atoms with Crippen molar-refractivity contribution < 1.29 is 14.3 Å². The predicted octanol–water partition coefficient (Wildman–Crippen LogP) is 3.08. The number of nitrogens with one attached hydrogen (secondary N) is 1. The lowest BCUT2D eigenvalue weighted by molar-refractivity contribution is 0.0184. The van der Waals surface area contributed by atoms with Crippen LogP contribution in [0.1, 0.15) is 53.4 Å². The highest BCUT2D eigenvalue weighted by Crippen LogP contribution is 2.20. The van der Waals surface area contributed by atoms with Gasteiger partial charge in [0.25, 0.3) is 0 Å². The van der Waals surface area contributed by atoms with Crippen molar-refractivity contribution in [1.29, 1.82) is 0 Å². The Hall–Kier alpha value is -1.46. The summed E-state index contributed by atoms with van der Waals surface area (Å²) in [7, 11) is 0. The van der Waals surface area contributed by atoms with Crippen molar-refractivity contribution >= 4 is 12.1 Å². The lowest BCUT2D eigenvalue weighted by Crippen LogP contribution is -2.47. The first kappa shape index (κ1) is 18.9. The molecule has 2 aliphatic rings. The van der Waals surface area contributed by atoms with Crippen LogP contribution in [0.15, 0.2) is 0 Å². The van der Waals surface area contributed by atoms with Crippen LogP contribution in [0.4, 0.5) is 9.59 Å². The minimum atomic E-state index is -0.451. The Kier molecular flexibility index (Phi) is 6.35. The van der Waals surface area contributed by atoms with Crippen LogP contribution in [0, 0.1) is 11.8 Å². The summed E-state index contributed by atoms with van der Waals surface area (Å²) in [6.45, 7) is 11.7. The molecule has 2 fully saturated rings. The fourth-order valence-electron chi connectivity index (χ4n) is 3.20. The van der Waals surface area contributed by atoms with Gasteiger partial charge in [-0.2, -0.15) is 0 Å². The molecule has 6 nitrogen and oxygen atoms in total. The van der Waals surface area contributed by atoms with Crippen molar-refractivity contribution in [1.82, 2.24) is 15.1 Å². The van der Waals surface area contributed by atoms with Crippen LogP contribution >= 0.6 is 0 Å². The maximum Gasteiger partial charge on any atom is 0.410 e. The Morgan fingerprint density at radius 2 is 1.54 bits per heavy atom. The maximum atomic E-state index is 12.2. The van der Waals surface area contributed by atoms with E-state index >= 15 is 0 Å². The monoisotopic (exact) mass is 339 g/mol. The number of rotatable bonds is 2. The summed E-state index contributed by atoms with van der Waals surface area (Å²) in [4.78, 5) is 28.0. The van der Waals surface area contributed by atoms with Crippen molar-refractivity contribution in [3.8, 4) is 0 Å². The van der Waals surface area contributed by atoms with Gasteiger partial charge in [0, 0.05) is 32.7 Å². The molecule has 138 valence electrons. The van der Waals surface area contributed by atoms with Gasteiger partial charge in [0.2, 0.25) is 0 Å². The van der Waals surface area contributed by atoms with E-state index in [2.05, 4.69) is 12.2 Å². The van der Waals surface area contributed by atoms with E-state index < -0.39 is 5.60 Å². The van der Waals surface area contributed by atoms with Crippen LogP contribution in [-0.2, 0) is 4.74 Å². The van der Waals surface area contributed by atoms with Crippen LogP contribution in [0.25, 0.3) is 0 Å². The number of hydrogen-bond acceptors (Lipinski definition) is 3. The molecule has 1 N–H and O–H groups in total. The number of hydrogen-bond donors (Lipinski definition) is 1. The molecule has 24 heavy (non-hydrogen) atoms. The number of nitrogens with zero attached hydrogens (tertiary/aromatic N) is 2. The number of amides is 3. The quantitative estimate of drug-likeness (QED) is 0.841. The Balaban J connectivity index is 1.66. The zero-order valence-electron chi connectivity index (χ0n) is 15.6. The van der Waals surface area contributed by atoms with Gasteiger partial charge in [-0.15, -0.1) is 0 Å². The van der Waals surface area contributed by atoms with Gasteiger partial charge < -0.3 is 19.9 Å². The van der Waals surface area contributed by atoms with Crippen LogP contribution < -0.4 is 5.32 Å². The molecule has 6 heteroatoms. The Labute approximate surface area is 145 Å². The molecule has 3 amide bonds. The second-order valence-corrected chi connectivity index (χ2v) is 8.27. The van der Waals surface area contributed by atoms with E-state index in [4.69, 9.17) is 4.74 Å². The predicted molar refractivity (Wildman–Crippen MR) is 93.9 cm³/mol. The Bertz CT molecular complexity index is 431. The minimum Gasteiger partial charge on any atom is -0.444 e. The van der Waals surface area contributed by atoms with Crippen molar-refractivity contribution in [3.63, 3.8) is 0 Å². The van der Waals surface area contributed by atoms with E-state index in [1.807, 2.05) is 25.7 Å². The molecule has 0 aromatic carbocycles. The van der Waals surface area contributed by atoms with Gasteiger partial charge in [-0.3, -0.25) is 0 Å². The summed E-state index contributed by atoms with van der Waals surface area (Å²) < 4.78 is 5.41. The van der Waals surface area contributed by atoms with Crippen LogP contribution in [0.3, 0.4) is 0 Å². The molecular formula is C18H33N3O3. The number of carbonyl (C=O) groups excluding carboxylic acids is 2. The third-order valence-corrected chi connectivity index (χ3v) is 4.88. The molecular weight excluding hydrogens is 306 g/mol. The first-order chi connectivity index (χ1) is 11.2. The molecule has 2 rings (SSSR count). The van der Waals surface area contributed by atoms with Gasteiger partial charge in [-0.25, -0.2) is 9.59 Å². The summed E-state index contributed by atoms with van der Waals surface area (Å²) in [6, 6.07) is 0.0662. The summed E-state index contributed by atoms with van der Waals surface area (Å²) in [5, 5.41) is 3.07. The molecule has 2 aliphatic heterocycles. The van der Waals surface area contributed by atoms with E-state index in [-0.39, 0.29) is 12.1 Å². The first-order valence-corrected chi connectivity index (χ1v) is 9.25. The van der Waals surface area contributed by atoms with E-state index in [9.17, 15) is 9.59 Å². The topological polar surface area (TPSA) is 61.9 Å². The number of urea groups is 1. The smallest absolute Gasteiger partial charge is 0.410 e. The normalized spacial score (nSPS) is 20.8. The highest BCUT2D eigenvalue weighted by atomic mass is 16.6. The largest absolute Gasteiger partial charge is 0.444 e. The molecule has 0 atom stereocenters. The first-order valence-electron chi connectivity index (χ1n) is 9.25. The summed E-state index contributed by atoms with van der Waals surface area (Å²) in [5.41, 5.74) is -0.451. The summed E-state index contributed by atoms with van der Waals surface area (Å²) >= 11 is 0. The van der Waals surface area contributed by atoms with Crippen molar-refractivity contribution in [2.24, 2.45) is 11.8 Å². The third-order valence-electron chi connectivity index (χ3n) is 4.88. The second-order valence-electron chi connectivity index (χ2n) is 8.27. The van der Waals surface area contributed by atoms with Crippen LogP contribution in [-0.4, -0.2) is 60.2 Å². The number of piperidine rings is 2. The van der Waals surface area contributed by atoms with E-state index in [1.165, 1.54) is 0 Å². The van der Waals surface area contributed by atoms with Crippen molar-refractivity contribution in [2.45, 2.75) is 59.0 Å². The summed E-state index contributed by atoms with van der Waals surface area (Å²) in [6.07, 6.45) is 3.80. The van der Waals surface area contributed by atoms with Gasteiger partial charge >= 0.3 is 12.1 Å². The average molecular weight is 339 g/mol. The SMILES string of the molecule is CC1CCN(C(=O)NCC2CCN(C(=O)OC(C)(C)C)CC2)CC1. The second kappa shape index (κ2) is 8.08. The average Bonchev–Trinajstić information content (AvgIpc) is 2.52. The van der Waals surface area contributed by atoms with Crippen LogP contribution in [0.2, 0.25) is 0 Å². The molecule has 0 aromatic heterocycles. The molecule has 2 heterocycles. The number of carbonyl (C=O) groups is 2. The fourth-order valence-corrected chi connectivity index (χ4v) is 3.20. The molecule has 0 bridgehead atoms. The standard InChI is InChI=1S/C18H33N3O3/c1-14-5-9-20(10-6-14)16(22)19-13-15-7-11-21(12-8-15)17(23)24-18(2,3)4/h14-15H,5-13H2,1-4H3,(H,19,22). The highest BCUT2D eigenvalue weighted by Gasteiger charge is 2.27. The minimum absolute atomic E-state index is 0.0662.